The minimum absolute atomic E-state index is 0.111. The fourth-order valence-corrected chi connectivity index (χ4v) is 9.55. The number of benzene rings is 8. The molecule has 53 heavy (non-hydrogen) atoms. The molecule has 0 atom stereocenters. The van der Waals surface area contributed by atoms with Gasteiger partial charge in [-0.1, -0.05) is 153 Å². The number of hydrogen-bond acceptors (Lipinski definition) is 2. The van der Waals surface area contributed by atoms with Crippen LogP contribution in [0.25, 0.3) is 64.7 Å². The third-order valence-corrected chi connectivity index (χ3v) is 12.2. The molecule has 2 heteroatoms. The lowest BCUT2D eigenvalue weighted by Crippen LogP contribution is -2.17. The molecule has 1 aromatic heterocycles. The van der Waals surface area contributed by atoms with Gasteiger partial charge in [-0.15, -0.1) is 11.3 Å². The molecule has 9 aromatic rings. The quantitative estimate of drug-likeness (QED) is 0.167. The van der Waals surface area contributed by atoms with Gasteiger partial charge in [0, 0.05) is 42.5 Å². The zero-order valence-electron chi connectivity index (χ0n) is 29.8. The highest BCUT2D eigenvalue weighted by Crippen LogP contribution is 2.52. The molecule has 0 amide bonds. The second kappa shape index (κ2) is 12.5. The molecule has 1 aliphatic carbocycles. The summed E-state index contributed by atoms with van der Waals surface area (Å²) in [6.45, 7) is 4.72. The molecule has 0 aliphatic heterocycles. The topological polar surface area (TPSA) is 3.24 Å². The monoisotopic (exact) mass is 695 g/mol. The van der Waals surface area contributed by atoms with E-state index in [1.165, 1.54) is 75.8 Å². The van der Waals surface area contributed by atoms with Gasteiger partial charge in [-0.25, -0.2) is 0 Å². The van der Waals surface area contributed by atoms with E-state index in [9.17, 15) is 0 Å². The Kier molecular flexibility index (Phi) is 7.42. The van der Waals surface area contributed by atoms with E-state index >= 15 is 0 Å². The molecule has 0 saturated carbocycles. The number of thiophene rings is 1. The van der Waals surface area contributed by atoms with Gasteiger partial charge < -0.3 is 4.90 Å². The van der Waals surface area contributed by atoms with Gasteiger partial charge >= 0.3 is 0 Å². The molecule has 0 N–H and O–H groups in total. The summed E-state index contributed by atoms with van der Waals surface area (Å²) >= 11 is 1.87. The summed E-state index contributed by atoms with van der Waals surface area (Å²) in [6.07, 6.45) is 0. The number of nitrogens with zero attached hydrogens (tertiary/aromatic N) is 1. The zero-order valence-corrected chi connectivity index (χ0v) is 30.6. The van der Waals surface area contributed by atoms with E-state index in [1.54, 1.807) is 0 Å². The van der Waals surface area contributed by atoms with E-state index in [4.69, 9.17) is 0 Å². The average molecular weight is 696 g/mol. The minimum Gasteiger partial charge on any atom is -0.310 e. The highest BCUT2D eigenvalue weighted by atomic mass is 32.1. The molecular formula is C51H37NS. The van der Waals surface area contributed by atoms with Gasteiger partial charge in [0.1, 0.15) is 0 Å². The van der Waals surface area contributed by atoms with E-state index in [0.717, 1.165) is 17.1 Å². The van der Waals surface area contributed by atoms with E-state index in [-0.39, 0.29) is 5.41 Å². The van der Waals surface area contributed by atoms with E-state index < -0.39 is 0 Å². The van der Waals surface area contributed by atoms with Gasteiger partial charge in [-0.2, -0.15) is 0 Å². The molecule has 1 nitrogen and oxygen atoms in total. The Labute approximate surface area is 315 Å². The van der Waals surface area contributed by atoms with Crippen molar-refractivity contribution in [2.45, 2.75) is 19.3 Å². The second-order valence-electron chi connectivity index (χ2n) is 14.5. The largest absolute Gasteiger partial charge is 0.310 e. The molecule has 10 rings (SSSR count). The first-order chi connectivity index (χ1) is 26.0. The molecule has 0 saturated heterocycles. The highest BCUT2D eigenvalue weighted by molar-refractivity contribution is 7.25. The summed E-state index contributed by atoms with van der Waals surface area (Å²) in [7, 11) is 0. The Balaban J connectivity index is 1.22. The predicted octanol–water partition coefficient (Wildman–Crippen LogP) is 14.8. The van der Waals surface area contributed by atoms with Crippen LogP contribution in [0.4, 0.5) is 17.1 Å². The van der Waals surface area contributed by atoms with Gasteiger partial charge in [0.2, 0.25) is 0 Å². The van der Waals surface area contributed by atoms with Crippen molar-refractivity contribution in [3.05, 3.63) is 199 Å². The molecule has 8 aromatic carbocycles. The molecule has 0 fully saturated rings. The van der Waals surface area contributed by atoms with Crippen LogP contribution in [0.5, 0.6) is 0 Å². The maximum absolute atomic E-state index is 2.46. The lowest BCUT2D eigenvalue weighted by Gasteiger charge is -2.30. The van der Waals surface area contributed by atoms with Gasteiger partial charge in [0.15, 0.2) is 0 Å². The first kappa shape index (κ1) is 31.5. The SMILES string of the molecule is CC1(C)c2ccccc2-c2ccc(N(c3ccccc3)c3cccc(-c4ccc(-c5ccccc5)cc4)c3-c3ccc4sc5ccccc5c4c3)cc21. The van der Waals surface area contributed by atoms with E-state index in [0.29, 0.717) is 0 Å². The molecule has 0 spiro atoms. The molecular weight excluding hydrogens is 659 g/mol. The Morgan fingerprint density at radius 2 is 1.02 bits per heavy atom. The van der Waals surface area contributed by atoms with E-state index in [1.807, 2.05) is 11.3 Å². The molecule has 1 aliphatic rings. The minimum atomic E-state index is -0.111. The normalized spacial score (nSPS) is 12.9. The van der Waals surface area contributed by atoms with Crippen molar-refractivity contribution in [3.63, 3.8) is 0 Å². The summed E-state index contributed by atoms with van der Waals surface area (Å²) in [5.41, 5.74) is 16.0. The average Bonchev–Trinajstić information content (AvgIpc) is 3.70. The van der Waals surface area contributed by atoms with Gasteiger partial charge in [-0.05, 0) is 98.6 Å². The fourth-order valence-electron chi connectivity index (χ4n) is 8.46. The third kappa shape index (κ3) is 5.21. The number of fused-ring (bicyclic) bond motifs is 6. The summed E-state index contributed by atoms with van der Waals surface area (Å²) < 4.78 is 2.62. The summed E-state index contributed by atoms with van der Waals surface area (Å²) in [5.74, 6) is 0. The second-order valence-corrected chi connectivity index (χ2v) is 15.6. The Morgan fingerprint density at radius 3 is 1.85 bits per heavy atom. The van der Waals surface area contributed by atoms with Crippen molar-refractivity contribution in [3.8, 4) is 44.5 Å². The predicted molar refractivity (Wildman–Crippen MR) is 228 cm³/mol. The van der Waals surface area contributed by atoms with Gasteiger partial charge in [0.25, 0.3) is 0 Å². The fraction of sp³-hybridized carbons (Fsp3) is 0.0588. The van der Waals surface area contributed by atoms with Crippen molar-refractivity contribution < 1.29 is 0 Å². The molecule has 0 bridgehead atoms. The lowest BCUT2D eigenvalue weighted by molar-refractivity contribution is 0.660. The van der Waals surface area contributed by atoms with Gasteiger partial charge in [-0.3, -0.25) is 0 Å². The van der Waals surface area contributed by atoms with Crippen molar-refractivity contribution in [2.75, 3.05) is 4.90 Å². The van der Waals surface area contributed by atoms with Crippen LogP contribution in [-0.2, 0) is 5.41 Å². The van der Waals surface area contributed by atoms with Crippen molar-refractivity contribution in [1.29, 1.82) is 0 Å². The third-order valence-electron chi connectivity index (χ3n) is 11.1. The maximum Gasteiger partial charge on any atom is 0.0546 e. The van der Waals surface area contributed by atoms with E-state index in [2.05, 4.69) is 207 Å². The van der Waals surface area contributed by atoms with Crippen molar-refractivity contribution in [1.82, 2.24) is 0 Å². The van der Waals surface area contributed by atoms with Crippen LogP contribution in [0.1, 0.15) is 25.0 Å². The van der Waals surface area contributed by atoms with Crippen LogP contribution < -0.4 is 4.90 Å². The molecule has 252 valence electrons. The van der Waals surface area contributed by atoms with Crippen LogP contribution in [0, 0.1) is 0 Å². The highest BCUT2D eigenvalue weighted by Gasteiger charge is 2.36. The van der Waals surface area contributed by atoms with Crippen LogP contribution in [0.2, 0.25) is 0 Å². The summed E-state index contributed by atoms with van der Waals surface area (Å²) in [6, 6.07) is 69.2. The molecule has 0 unspecified atom stereocenters. The number of para-hydroxylation sites is 1. The van der Waals surface area contributed by atoms with Gasteiger partial charge in [0.05, 0.1) is 5.69 Å². The van der Waals surface area contributed by atoms with Crippen LogP contribution in [0.15, 0.2) is 188 Å². The van der Waals surface area contributed by atoms with Crippen LogP contribution in [0.3, 0.4) is 0 Å². The molecule has 1 heterocycles. The Morgan fingerprint density at radius 1 is 0.396 bits per heavy atom. The lowest BCUT2D eigenvalue weighted by atomic mass is 9.82. The van der Waals surface area contributed by atoms with Crippen LogP contribution >= 0.6 is 11.3 Å². The van der Waals surface area contributed by atoms with Crippen molar-refractivity contribution >= 4 is 48.6 Å². The Hall–Kier alpha value is -6.22. The smallest absolute Gasteiger partial charge is 0.0546 e. The number of anilines is 3. The van der Waals surface area contributed by atoms with Crippen LogP contribution in [-0.4, -0.2) is 0 Å². The standard InChI is InChI=1S/C51H37NS/c1-51(2)45-21-11-9-18-41(45)42-30-29-39(33-46(42)51)52(38-16-7-4-8-17-38)47-22-13-20-40(36-26-24-35(25-27-36)34-14-5-3-6-15-34)50(47)37-28-31-49-44(32-37)43-19-10-12-23-48(43)53-49/h3-33H,1-2H3. The first-order valence-electron chi connectivity index (χ1n) is 18.3. The maximum atomic E-state index is 2.46. The Bertz CT molecular complexity index is 2790. The molecule has 0 radical (unpaired) electrons. The number of hydrogen-bond donors (Lipinski definition) is 0. The zero-order chi connectivity index (χ0) is 35.5. The first-order valence-corrected chi connectivity index (χ1v) is 19.2. The van der Waals surface area contributed by atoms with Crippen molar-refractivity contribution in [2.24, 2.45) is 0 Å². The number of rotatable bonds is 6. The summed E-state index contributed by atoms with van der Waals surface area (Å²) in [5, 5.41) is 2.60. The summed E-state index contributed by atoms with van der Waals surface area (Å²) in [4.78, 5) is 2.46.